The molecule has 1 fully saturated rings. The van der Waals surface area contributed by atoms with Crippen LogP contribution in [0.25, 0.3) is 0 Å². The summed E-state index contributed by atoms with van der Waals surface area (Å²) >= 11 is 0. The molecule has 0 radical (unpaired) electrons. The van der Waals surface area contributed by atoms with Gasteiger partial charge >= 0.3 is 0 Å². The standard InChI is InChI=1S/C8H13NO.C5H12O4/c1-2-7-5-3-4-6-9-8(7)10;6-1-5(2-7,3-8)4-9/h2,7H,1,3-6H2,(H,9,10);6-9H,1-4H2. The molecule has 6 nitrogen and oxygen atoms in total. The van der Waals surface area contributed by atoms with Crippen molar-refractivity contribution in [1.82, 2.24) is 5.32 Å². The summed E-state index contributed by atoms with van der Waals surface area (Å²) in [4.78, 5) is 11.1. The van der Waals surface area contributed by atoms with Gasteiger partial charge in [-0.15, -0.1) is 6.58 Å². The first-order valence-corrected chi connectivity index (χ1v) is 6.43. The molecule has 0 saturated carbocycles. The zero-order valence-corrected chi connectivity index (χ0v) is 11.2. The van der Waals surface area contributed by atoms with E-state index in [1.807, 2.05) is 0 Å². The van der Waals surface area contributed by atoms with Crippen LogP contribution in [0.2, 0.25) is 0 Å². The van der Waals surface area contributed by atoms with Gasteiger partial charge in [-0.25, -0.2) is 0 Å². The molecule has 0 aromatic rings. The van der Waals surface area contributed by atoms with Crippen molar-refractivity contribution in [2.75, 3.05) is 33.0 Å². The van der Waals surface area contributed by atoms with E-state index in [1.54, 1.807) is 6.08 Å². The fourth-order valence-corrected chi connectivity index (χ4v) is 1.49. The van der Waals surface area contributed by atoms with Crippen LogP contribution in [0, 0.1) is 11.3 Å². The minimum atomic E-state index is -1.11. The number of amides is 1. The van der Waals surface area contributed by atoms with Crippen molar-refractivity contribution >= 4 is 5.91 Å². The van der Waals surface area contributed by atoms with Crippen LogP contribution in [0.4, 0.5) is 0 Å². The average Bonchev–Trinajstić information content (AvgIpc) is 2.67. The molecule has 1 heterocycles. The Morgan fingerprint density at radius 1 is 1.16 bits per heavy atom. The lowest BCUT2D eigenvalue weighted by molar-refractivity contribution is -0.123. The maximum absolute atomic E-state index is 11.1. The van der Waals surface area contributed by atoms with Crippen LogP contribution >= 0.6 is 0 Å². The first-order chi connectivity index (χ1) is 9.09. The zero-order valence-electron chi connectivity index (χ0n) is 11.2. The second kappa shape index (κ2) is 9.91. The number of carbonyl (C=O) groups excluding carboxylic acids is 1. The van der Waals surface area contributed by atoms with Gasteiger partial charge in [-0.3, -0.25) is 4.79 Å². The number of carbonyl (C=O) groups is 1. The SMILES string of the molecule is C=CC1CCCCNC1=O.OCC(CO)(CO)CO. The Hall–Kier alpha value is -0.950. The maximum Gasteiger partial charge on any atom is 0.226 e. The Kier molecular flexibility index (Phi) is 9.42. The molecule has 112 valence electrons. The summed E-state index contributed by atoms with van der Waals surface area (Å²) in [5.41, 5.74) is -1.11. The summed E-state index contributed by atoms with van der Waals surface area (Å²) < 4.78 is 0. The largest absolute Gasteiger partial charge is 0.396 e. The number of aliphatic hydroxyl groups excluding tert-OH is 4. The van der Waals surface area contributed by atoms with E-state index in [0.29, 0.717) is 0 Å². The minimum Gasteiger partial charge on any atom is -0.396 e. The Morgan fingerprint density at radius 2 is 1.68 bits per heavy atom. The third-order valence-electron chi connectivity index (χ3n) is 3.20. The van der Waals surface area contributed by atoms with E-state index in [-0.39, 0.29) is 11.8 Å². The molecule has 1 rings (SSSR count). The van der Waals surface area contributed by atoms with E-state index in [9.17, 15) is 4.79 Å². The van der Waals surface area contributed by atoms with Gasteiger partial charge in [0.25, 0.3) is 0 Å². The van der Waals surface area contributed by atoms with Crippen LogP contribution < -0.4 is 5.32 Å². The molecular formula is C13H25NO5. The van der Waals surface area contributed by atoms with Gasteiger partial charge in [0.05, 0.1) is 37.8 Å². The highest BCUT2D eigenvalue weighted by Crippen LogP contribution is 2.12. The molecule has 0 aromatic carbocycles. The molecule has 5 N–H and O–H groups in total. The van der Waals surface area contributed by atoms with E-state index in [1.165, 1.54) is 0 Å². The van der Waals surface area contributed by atoms with Gasteiger partial charge in [0.15, 0.2) is 0 Å². The van der Waals surface area contributed by atoms with E-state index in [4.69, 9.17) is 20.4 Å². The van der Waals surface area contributed by atoms with Crippen LogP contribution in [-0.4, -0.2) is 59.3 Å². The van der Waals surface area contributed by atoms with Crippen molar-refractivity contribution in [1.29, 1.82) is 0 Å². The van der Waals surface area contributed by atoms with E-state index in [2.05, 4.69) is 11.9 Å². The minimum absolute atomic E-state index is 0.0579. The van der Waals surface area contributed by atoms with Crippen molar-refractivity contribution in [2.24, 2.45) is 11.3 Å². The predicted octanol–water partition coefficient (Wildman–Crippen LogP) is -0.969. The number of aliphatic hydroxyl groups is 4. The molecule has 1 aliphatic heterocycles. The van der Waals surface area contributed by atoms with Crippen LogP contribution in [0.1, 0.15) is 19.3 Å². The molecule has 6 heteroatoms. The van der Waals surface area contributed by atoms with Gasteiger partial charge in [0, 0.05) is 6.54 Å². The fourth-order valence-electron chi connectivity index (χ4n) is 1.49. The molecule has 0 bridgehead atoms. The average molecular weight is 275 g/mol. The summed E-state index contributed by atoms with van der Waals surface area (Å²) in [6.45, 7) is 2.83. The second-order valence-corrected chi connectivity index (χ2v) is 4.76. The molecule has 0 aromatic heterocycles. The zero-order chi connectivity index (χ0) is 14.7. The number of nitrogens with one attached hydrogen (secondary N) is 1. The summed E-state index contributed by atoms with van der Waals surface area (Å²) in [6, 6.07) is 0. The molecule has 1 amide bonds. The first-order valence-electron chi connectivity index (χ1n) is 6.43. The quantitative estimate of drug-likeness (QED) is 0.415. The molecule has 0 spiro atoms. The van der Waals surface area contributed by atoms with Crippen molar-refractivity contribution in [3.8, 4) is 0 Å². The first kappa shape index (κ1) is 18.0. The lowest BCUT2D eigenvalue weighted by Crippen LogP contribution is -2.37. The molecule has 1 atom stereocenters. The van der Waals surface area contributed by atoms with Gasteiger partial charge in [-0.1, -0.05) is 12.5 Å². The van der Waals surface area contributed by atoms with Crippen molar-refractivity contribution < 1.29 is 25.2 Å². The topological polar surface area (TPSA) is 110 Å². The normalized spacial score (nSPS) is 19.8. The number of rotatable bonds is 5. The molecular weight excluding hydrogens is 250 g/mol. The highest BCUT2D eigenvalue weighted by molar-refractivity contribution is 5.80. The van der Waals surface area contributed by atoms with Gasteiger partial charge in [0.2, 0.25) is 5.91 Å². The smallest absolute Gasteiger partial charge is 0.226 e. The van der Waals surface area contributed by atoms with E-state index >= 15 is 0 Å². The lowest BCUT2D eigenvalue weighted by Gasteiger charge is -2.23. The van der Waals surface area contributed by atoms with Crippen molar-refractivity contribution in [3.63, 3.8) is 0 Å². The number of hydrogen-bond donors (Lipinski definition) is 5. The van der Waals surface area contributed by atoms with Crippen molar-refractivity contribution in [3.05, 3.63) is 12.7 Å². The van der Waals surface area contributed by atoms with Gasteiger partial charge in [-0.2, -0.15) is 0 Å². The summed E-state index contributed by atoms with van der Waals surface area (Å²) in [5.74, 6) is 0.204. The van der Waals surface area contributed by atoms with Crippen LogP contribution in [0.5, 0.6) is 0 Å². The van der Waals surface area contributed by atoms with Gasteiger partial charge in [0.1, 0.15) is 0 Å². The van der Waals surface area contributed by atoms with Crippen LogP contribution in [0.3, 0.4) is 0 Å². The molecule has 19 heavy (non-hydrogen) atoms. The Morgan fingerprint density at radius 3 is 2.05 bits per heavy atom. The van der Waals surface area contributed by atoms with Crippen LogP contribution in [0.15, 0.2) is 12.7 Å². The van der Waals surface area contributed by atoms with E-state index in [0.717, 1.165) is 25.8 Å². The third-order valence-corrected chi connectivity index (χ3v) is 3.20. The Bertz CT molecular complexity index is 248. The third kappa shape index (κ3) is 6.15. The van der Waals surface area contributed by atoms with E-state index < -0.39 is 31.8 Å². The molecule has 0 aliphatic carbocycles. The summed E-state index contributed by atoms with van der Waals surface area (Å²) in [6.07, 6.45) is 4.95. The van der Waals surface area contributed by atoms with Gasteiger partial charge in [-0.05, 0) is 12.8 Å². The maximum atomic E-state index is 11.1. The highest BCUT2D eigenvalue weighted by Gasteiger charge is 2.26. The molecule has 1 unspecified atom stereocenters. The Labute approximate surface area is 113 Å². The lowest BCUT2D eigenvalue weighted by atomic mass is 9.93. The highest BCUT2D eigenvalue weighted by atomic mass is 16.3. The van der Waals surface area contributed by atoms with Gasteiger partial charge < -0.3 is 25.7 Å². The molecule has 1 saturated heterocycles. The summed E-state index contributed by atoms with van der Waals surface area (Å²) in [7, 11) is 0. The summed E-state index contributed by atoms with van der Waals surface area (Å²) in [5, 5.41) is 36.8. The van der Waals surface area contributed by atoms with Crippen molar-refractivity contribution in [2.45, 2.75) is 19.3 Å². The second-order valence-electron chi connectivity index (χ2n) is 4.76. The monoisotopic (exact) mass is 275 g/mol. The Balaban J connectivity index is 0.000000344. The molecule has 1 aliphatic rings. The van der Waals surface area contributed by atoms with Crippen LogP contribution in [-0.2, 0) is 4.79 Å². The fraction of sp³-hybridized carbons (Fsp3) is 0.769. The predicted molar refractivity (Wildman–Crippen MR) is 71.3 cm³/mol. The number of hydrogen-bond acceptors (Lipinski definition) is 5.